The lowest BCUT2D eigenvalue weighted by molar-refractivity contribution is 0.433. The predicted octanol–water partition coefficient (Wildman–Crippen LogP) is 2.72. The molecule has 0 radical (unpaired) electrons. The standard InChI is InChI=1S/C13H13N3O/c1-8-3-4-9-10(7-16(2)12(9)5-8)13-11(14)6-15-17-13/h3-7H,14H2,1-2H3. The zero-order chi connectivity index (χ0) is 12.0. The van der Waals surface area contributed by atoms with E-state index in [1.54, 1.807) is 0 Å². The molecule has 0 fully saturated rings. The number of aryl methyl sites for hydroxylation is 2. The fraction of sp³-hybridized carbons (Fsp3) is 0.154. The van der Waals surface area contributed by atoms with Gasteiger partial charge in [-0.05, 0) is 18.6 Å². The Morgan fingerprint density at radius 2 is 2.18 bits per heavy atom. The molecule has 0 aliphatic carbocycles. The summed E-state index contributed by atoms with van der Waals surface area (Å²) in [6, 6.07) is 6.31. The fourth-order valence-corrected chi connectivity index (χ4v) is 2.13. The second-order valence-electron chi connectivity index (χ2n) is 4.28. The summed E-state index contributed by atoms with van der Waals surface area (Å²) in [7, 11) is 2.01. The van der Waals surface area contributed by atoms with Crippen molar-refractivity contribution in [2.24, 2.45) is 7.05 Å². The summed E-state index contributed by atoms with van der Waals surface area (Å²) in [6.45, 7) is 2.08. The quantitative estimate of drug-likeness (QED) is 0.695. The number of hydrogen-bond acceptors (Lipinski definition) is 3. The lowest BCUT2D eigenvalue weighted by atomic mass is 10.1. The molecule has 0 atom stereocenters. The van der Waals surface area contributed by atoms with E-state index in [0.29, 0.717) is 11.4 Å². The number of hydrogen-bond donors (Lipinski definition) is 1. The summed E-state index contributed by atoms with van der Waals surface area (Å²) in [5.41, 5.74) is 9.78. The van der Waals surface area contributed by atoms with E-state index in [2.05, 4.69) is 34.8 Å². The van der Waals surface area contributed by atoms with E-state index in [9.17, 15) is 0 Å². The third-order valence-corrected chi connectivity index (χ3v) is 2.99. The number of nitrogens with two attached hydrogens (primary N) is 1. The topological polar surface area (TPSA) is 57.0 Å². The molecular weight excluding hydrogens is 214 g/mol. The van der Waals surface area contributed by atoms with Gasteiger partial charge in [-0.2, -0.15) is 0 Å². The highest BCUT2D eigenvalue weighted by Crippen LogP contribution is 2.33. The van der Waals surface area contributed by atoms with Gasteiger partial charge in [0.1, 0.15) is 5.69 Å². The Morgan fingerprint density at radius 1 is 1.35 bits per heavy atom. The van der Waals surface area contributed by atoms with Crippen molar-refractivity contribution < 1.29 is 4.52 Å². The number of nitrogen functional groups attached to an aromatic ring is 1. The maximum absolute atomic E-state index is 5.84. The number of nitrogens with zero attached hydrogens (tertiary/aromatic N) is 2. The molecule has 0 amide bonds. The molecule has 86 valence electrons. The van der Waals surface area contributed by atoms with E-state index >= 15 is 0 Å². The van der Waals surface area contributed by atoms with Crippen LogP contribution in [0.25, 0.3) is 22.2 Å². The van der Waals surface area contributed by atoms with Crippen LogP contribution in [-0.4, -0.2) is 9.72 Å². The van der Waals surface area contributed by atoms with Gasteiger partial charge in [0, 0.05) is 29.7 Å². The zero-order valence-corrected chi connectivity index (χ0v) is 9.77. The van der Waals surface area contributed by atoms with Gasteiger partial charge in [0.25, 0.3) is 0 Å². The van der Waals surface area contributed by atoms with Crippen LogP contribution in [0.4, 0.5) is 5.69 Å². The predicted molar refractivity (Wildman–Crippen MR) is 67.6 cm³/mol. The van der Waals surface area contributed by atoms with Crippen molar-refractivity contribution in [2.45, 2.75) is 6.92 Å². The van der Waals surface area contributed by atoms with E-state index in [1.165, 1.54) is 11.8 Å². The molecule has 2 N–H and O–H groups in total. The molecule has 4 heteroatoms. The van der Waals surface area contributed by atoms with E-state index in [1.807, 2.05) is 13.2 Å². The van der Waals surface area contributed by atoms with Crippen molar-refractivity contribution in [3.63, 3.8) is 0 Å². The van der Waals surface area contributed by atoms with Gasteiger partial charge in [-0.25, -0.2) is 0 Å². The van der Waals surface area contributed by atoms with E-state index in [4.69, 9.17) is 10.3 Å². The van der Waals surface area contributed by atoms with E-state index in [-0.39, 0.29) is 0 Å². The van der Waals surface area contributed by atoms with Crippen molar-refractivity contribution in [2.75, 3.05) is 5.73 Å². The number of rotatable bonds is 1. The van der Waals surface area contributed by atoms with Crippen molar-refractivity contribution in [3.05, 3.63) is 36.2 Å². The monoisotopic (exact) mass is 227 g/mol. The molecule has 1 aromatic carbocycles. The first-order valence-electron chi connectivity index (χ1n) is 5.43. The highest BCUT2D eigenvalue weighted by Gasteiger charge is 2.14. The molecule has 0 unspecified atom stereocenters. The minimum atomic E-state index is 0.568. The number of fused-ring (bicyclic) bond motifs is 1. The third kappa shape index (κ3) is 1.41. The van der Waals surface area contributed by atoms with Crippen LogP contribution in [0.2, 0.25) is 0 Å². The van der Waals surface area contributed by atoms with Crippen LogP contribution in [0, 0.1) is 6.92 Å². The van der Waals surface area contributed by atoms with Crippen molar-refractivity contribution in [1.82, 2.24) is 9.72 Å². The van der Waals surface area contributed by atoms with Gasteiger partial charge in [0.2, 0.25) is 0 Å². The Morgan fingerprint density at radius 3 is 2.88 bits per heavy atom. The first-order chi connectivity index (χ1) is 8.16. The lowest BCUT2D eigenvalue weighted by Gasteiger charge is -1.97. The summed E-state index contributed by atoms with van der Waals surface area (Å²) in [6.07, 6.45) is 3.54. The summed E-state index contributed by atoms with van der Waals surface area (Å²) < 4.78 is 7.28. The average molecular weight is 227 g/mol. The molecule has 17 heavy (non-hydrogen) atoms. The number of aromatic nitrogens is 2. The third-order valence-electron chi connectivity index (χ3n) is 2.99. The first kappa shape index (κ1) is 9.96. The molecule has 0 spiro atoms. The Balaban J connectivity index is 2.35. The van der Waals surface area contributed by atoms with Gasteiger partial charge in [-0.3, -0.25) is 0 Å². The molecule has 4 nitrogen and oxygen atoms in total. The van der Waals surface area contributed by atoms with Crippen LogP contribution in [0.5, 0.6) is 0 Å². The maximum atomic E-state index is 5.84. The SMILES string of the molecule is Cc1ccc2c(-c3oncc3N)cn(C)c2c1. The Kier molecular flexibility index (Phi) is 1.98. The molecule has 2 heterocycles. The van der Waals surface area contributed by atoms with Gasteiger partial charge < -0.3 is 14.8 Å². The molecule has 0 aliphatic rings. The summed E-state index contributed by atoms with van der Waals surface area (Å²) >= 11 is 0. The highest BCUT2D eigenvalue weighted by molar-refractivity contribution is 5.97. The molecule has 0 saturated carbocycles. The normalized spacial score (nSPS) is 11.2. The van der Waals surface area contributed by atoms with Gasteiger partial charge >= 0.3 is 0 Å². The van der Waals surface area contributed by atoms with Crippen LogP contribution in [0.15, 0.2) is 35.1 Å². The smallest absolute Gasteiger partial charge is 0.191 e. The summed E-state index contributed by atoms with van der Waals surface area (Å²) in [5, 5.41) is 4.85. The minimum Gasteiger partial charge on any atom is -0.394 e. The summed E-state index contributed by atoms with van der Waals surface area (Å²) in [5.74, 6) is 0.638. The Hall–Kier alpha value is -2.23. The van der Waals surface area contributed by atoms with Gasteiger partial charge in [0.05, 0.1) is 6.20 Å². The number of benzene rings is 1. The van der Waals surface area contributed by atoms with Crippen LogP contribution in [-0.2, 0) is 7.05 Å². The van der Waals surface area contributed by atoms with Gasteiger partial charge in [-0.1, -0.05) is 17.3 Å². The van der Waals surface area contributed by atoms with E-state index in [0.717, 1.165) is 16.5 Å². The molecule has 3 rings (SSSR count). The largest absolute Gasteiger partial charge is 0.394 e. The molecule has 0 saturated heterocycles. The Bertz CT molecular complexity index is 694. The second-order valence-corrected chi connectivity index (χ2v) is 4.28. The van der Waals surface area contributed by atoms with Crippen molar-refractivity contribution in [1.29, 1.82) is 0 Å². The molecular formula is C13H13N3O. The van der Waals surface area contributed by atoms with Crippen LogP contribution >= 0.6 is 0 Å². The van der Waals surface area contributed by atoms with Crippen molar-refractivity contribution >= 4 is 16.6 Å². The number of anilines is 1. The highest BCUT2D eigenvalue weighted by atomic mass is 16.5. The van der Waals surface area contributed by atoms with Gasteiger partial charge in [0.15, 0.2) is 5.76 Å². The molecule has 2 aromatic heterocycles. The second kappa shape index (κ2) is 3.38. The minimum absolute atomic E-state index is 0.568. The first-order valence-corrected chi connectivity index (χ1v) is 5.43. The summed E-state index contributed by atoms with van der Waals surface area (Å²) in [4.78, 5) is 0. The maximum Gasteiger partial charge on any atom is 0.191 e. The van der Waals surface area contributed by atoms with Crippen LogP contribution < -0.4 is 5.73 Å². The van der Waals surface area contributed by atoms with Crippen molar-refractivity contribution in [3.8, 4) is 11.3 Å². The molecule has 0 aliphatic heterocycles. The zero-order valence-electron chi connectivity index (χ0n) is 9.77. The molecule has 3 aromatic rings. The fourth-order valence-electron chi connectivity index (χ4n) is 2.13. The molecule has 0 bridgehead atoms. The lowest BCUT2D eigenvalue weighted by Crippen LogP contribution is -1.84. The average Bonchev–Trinajstić information content (AvgIpc) is 2.84. The van der Waals surface area contributed by atoms with Crippen LogP contribution in [0.3, 0.4) is 0 Å². The van der Waals surface area contributed by atoms with E-state index < -0.39 is 0 Å². The Labute approximate surface area is 98.6 Å². The van der Waals surface area contributed by atoms with Crippen LogP contribution in [0.1, 0.15) is 5.56 Å². The van der Waals surface area contributed by atoms with Gasteiger partial charge in [-0.15, -0.1) is 0 Å².